The minimum absolute atomic E-state index is 0.0547. The lowest BCUT2D eigenvalue weighted by Gasteiger charge is -2.18. The summed E-state index contributed by atoms with van der Waals surface area (Å²) in [4.78, 5) is 14.0. The molecular weight excluding hydrogens is 384 g/mol. The molecule has 0 saturated heterocycles. The van der Waals surface area contributed by atoms with Crippen LogP contribution in [0.15, 0.2) is 51.4 Å². The second-order valence-corrected chi connectivity index (χ2v) is 6.39. The van der Waals surface area contributed by atoms with Crippen LogP contribution in [0.3, 0.4) is 0 Å². The average molecular weight is 398 g/mol. The predicted molar refractivity (Wildman–Crippen MR) is 88.5 cm³/mol. The molecule has 0 aliphatic carbocycles. The van der Waals surface area contributed by atoms with E-state index < -0.39 is 0 Å². The summed E-state index contributed by atoms with van der Waals surface area (Å²) in [6, 6.07) is 13.1. The molecule has 0 spiro atoms. The second kappa shape index (κ2) is 6.41. The van der Waals surface area contributed by atoms with Crippen LogP contribution in [0.2, 0.25) is 0 Å². The van der Waals surface area contributed by atoms with Crippen LogP contribution in [-0.4, -0.2) is 17.9 Å². The summed E-state index contributed by atoms with van der Waals surface area (Å²) < 4.78 is 1.83. The van der Waals surface area contributed by atoms with Gasteiger partial charge in [0.2, 0.25) is 0 Å². The first-order valence-electron chi connectivity index (χ1n) is 6.01. The fourth-order valence-corrected chi connectivity index (χ4v) is 2.67. The van der Waals surface area contributed by atoms with Crippen LogP contribution in [0.5, 0.6) is 0 Å². The van der Waals surface area contributed by atoms with E-state index in [1.807, 2.05) is 24.3 Å². The van der Waals surface area contributed by atoms with Gasteiger partial charge in [-0.1, -0.05) is 44.0 Å². The van der Waals surface area contributed by atoms with E-state index in [9.17, 15) is 4.79 Å². The molecule has 0 atom stereocenters. The Kier molecular flexibility index (Phi) is 4.83. The highest BCUT2D eigenvalue weighted by atomic mass is 79.9. The predicted octanol–water partition coefficient (Wildman–Crippen LogP) is 4.07. The van der Waals surface area contributed by atoms with E-state index in [1.165, 1.54) is 0 Å². The molecule has 0 aromatic heterocycles. The molecule has 3 nitrogen and oxygen atoms in total. The van der Waals surface area contributed by atoms with Crippen molar-refractivity contribution in [3.8, 4) is 0 Å². The Morgan fingerprint density at radius 2 is 1.75 bits per heavy atom. The molecule has 1 amide bonds. The fourth-order valence-electron chi connectivity index (χ4n) is 1.89. The van der Waals surface area contributed by atoms with Gasteiger partial charge in [-0.15, -0.1) is 0 Å². The van der Waals surface area contributed by atoms with E-state index in [-0.39, 0.29) is 5.91 Å². The van der Waals surface area contributed by atoms with Crippen LogP contribution in [0.4, 0.5) is 5.69 Å². The molecule has 104 valence electrons. The molecule has 2 aromatic rings. The maximum absolute atomic E-state index is 12.4. The Morgan fingerprint density at radius 3 is 2.35 bits per heavy atom. The number of halogens is 2. The van der Waals surface area contributed by atoms with Gasteiger partial charge in [-0.05, 0) is 35.9 Å². The Hall–Kier alpha value is -1.33. The molecule has 20 heavy (non-hydrogen) atoms. The quantitative estimate of drug-likeness (QED) is 0.793. The molecule has 0 fully saturated rings. The molecule has 0 bridgehead atoms. The van der Waals surface area contributed by atoms with E-state index in [0.29, 0.717) is 17.8 Å². The average Bonchev–Trinajstić information content (AvgIpc) is 2.39. The summed E-state index contributed by atoms with van der Waals surface area (Å²) in [7, 11) is 1.78. The van der Waals surface area contributed by atoms with E-state index in [0.717, 1.165) is 14.5 Å². The number of amides is 1. The van der Waals surface area contributed by atoms with Crippen molar-refractivity contribution in [1.82, 2.24) is 4.90 Å². The first kappa shape index (κ1) is 15.1. The maximum atomic E-state index is 12.4. The Balaban J connectivity index is 2.14. The molecule has 0 saturated carbocycles. The van der Waals surface area contributed by atoms with E-state index >= 15 is 0 Å². The zero-order valence-electron chi connectivity index (χ0n) is 10.9. The van der Waals surface area contributed by atoms with Crippen molar-refractivity contribution in [2.45, 2.75) is 6.54 Å². The molecule has 0 aliphatic heterocycles. The van der Waals surface area contributed by atoms with Gasteiger partial charge in [0, 0.05) is 33.8 Å². The minimum atomic E-state index is -0.0547. The third kappa shape index (κ3) is 3.84. The SMILES string of the molecule is CN(Cc1ccc(Br)cc1)C(=O)c1cc(N)cc(Br)c1. The molecule has 0 radical (unpaired) electrons. The highest BCUT2D eigenvalue weighted by Crippen LogP contribution is 2.19. The summed E-state index contributed by atoms with van der Waals surface area (Å²) in [6.45, 7) is 0.554. The molecule has 2 N–H and O–H groups in total. The van der Waals surface area contributed by atoms with Gasteiger partial charge in [-0.25, -0.2) is 0 Å². The first-order valence-corrected chi connectivity index (χ1v) is 7.60. The van der Waals surface area contributed by atoms with Crippen molar-refractivity contribution in [2.75, 3.05) is 12.8 Å². The van der Waals surface area contributed by atoms with Crippen molar-refractivity contribution in [1.29, 1.82) is 0 Å². The van der Waals surface area contributed by atoms with Gasteiger partial charge in [-0.2, -0.15) is 0 Å². The van der Waals surface area contributed by atoms with E-state index in [2.05, 4.69) is 31.9 Å². The number of nitrogen functional groups attached to an aromatic ring is 1. The molecule has 0 aliphatic rings. The molecule has 2 rings (SSSR count). The Morgan fingerprint density at radius 1 is 1.10 bits per heavy atom. The topological polar surface area (TPSA) is 46.3 Å². The lowest BCUT2D eigenvalue weighted by atomic mass is 10.1. The summed E-state index contributed by atoms with van der Waals surface area (Å²) >= 11 is 6.74. The number of nitrogens with zero attached hydrogens (tertiary/aromatic N) is 1. The van der Waals surface area contributed by atoms with Crippen molar-refractivity contribution in [3.63, 3.8) is 0 Å². The Labute approximate surface area is 135 Å². The largest absolute Gasteiger partial charge is 0.399 e. The zero-order chi connectivity index (χ0) is 14.7. The van der Waals surface area contributed by atoms with Crippen LogP contribution in [0, 0.1) is 0 Å². The normalized spacial score (nSPS) is 10.3. The van der Waals surface area contributed by atoms with Gasteiger partial charge >= 0.3 is 0 Å². The number of carbonyl (C=O) groups is 1. The van der Waals surface area contributed by atoms with Gasteiger partial charge in [0.25, 0.3) is 5.91 Å². The monoisotopic (exact) mass is 396 g/mol. The van der Waals surface area contributed by atoms with Crippen molar-refractivity contribution in [2.24, 2.45) is 0 Å². The van der Waals surface area contributed by atoms with E-state index in [4.69, 9.17) is 5.73 Å². The van der Waals surface area contributed by atoms with Gasteiger partial charge in [0.05, 0.1) is 0 Å². The fraction of sp³-hybridized carbons (Fsp3) is 0.133. The minimum Gasteiger partial charge on any atom is -0.399 e. The zero-order valence-corrected chi connectivity index (χ0v) is 14.1. The van der Waals surface area contributed by atoms with Crippen LogP contribution in [-0.2, 0) is 6.54 Å². The highest BCUT2D eigenvalue weighted by molar-refractivity contribution is 9.10. The molecule has 0 unspecified atom stereocenters. The third-order valence-electron chi connectivity index (χ3n) is 2.85. The summed E-state index contributed by atoms with van der Waals surface area (Å²) in [5.74, 6) is -0.0547. The second-order valence-electron chi connectivity index (χ2n) is 4.56. The number of benzene rings is 2. The summed E-state index contributed by atoms with van der Waals surface area (Å²) in [5.41, 5.74) is 7.99. The number of carbonyl (C=O) groups excluding carboxylic acids is 1. The Bertz CT molecular complexity index is 606. The van der Waals surface area contributed by atoms with E-state index in [1.54, 1.807) is 30.1 Å². The number of anilines is 1. The highest BCUT2D eigenvalue weighted by Gasteiger charge is 2.13. The molecule has 5 heteroatoms. The van der Waals surface area contributed by atoms with Crippen LogP contribution >= 0.6 is 31.9 Å². The number of rotatable bonds is 3. The van der Waals surface area contributed by atoms with Crippen molar-refractivity contribution in [3.05, 3.63) is 62.5 Å². The van der Waals surface area contributed by atoms with Crippen LogP contribution in [0.1, 0.15) is 15.9 Å². The van der Waals surface area contributed by atoms with Crippen molar-refractivity contribution >= 4 is 43.5 Å². The number of nitrogens with two attached hydrogens (primary N) is 1. The first-order chi connectivity index (χ1) is 9.45. The van der Waals surface area contributed by atoms with Crippen LogP contribution in [0.25, 0.3) is 0 Å². The summed E-state index contributed by atoms with van der Waals surface area (Å²) in [6.07, 6.45) is 0. The van der Waals surface area contributed by atoms with Crippen LogP contribution < -0.4 is 5.73 Å². The standard InChI is InChI=1S/C15H14Br2N2O/c1-19(9-10-2-4-12(16)5-3-10)15(20)11-6-13(17)8-14(18)7-11/h2-8H,9,18H2,1H3. The van der Waals surface area contributed by atoms with Crippen molar-refractivity contribution < 1.29 is 4.79 Å². The van der Waals surface area contributed by atoms with Gasteiger partial charge in [0.1, 0.15) is 0 Å². The molecular formula is C15H14Br2N2O. The van der Waals surface area contributed by atoms with Gasteiger partial charge < -0.3 is 10.6 Å². The van der Waals surface area contributed by atoms with Gasteiger partial charge in [0.15, 0.2) is 0 Å². The smallest absolute Gasteiger partial charge is 0.254 e. The maximum Gasteiger partial charge on any atom is 0.254 e. The lowest BCUT2D eigenvalue weighted by Crippen LogP contribution is -2.26. The number of hydrogen-bond acceptors (Lipinski definition) is 2. The van der Waals surface area contributed by atoms with Gasteiger partial charge in [-0.3, -0.25) is 4.79 Å². The molecule has 2 aromatic carbocycles. The third-order valence-corrected chi connectivity index (χ3v) is 3.83. The summed E-state index contributed by atoms with van der Waals surface area (Å²) in [5, 5.41) is 0. The molecule has 0 heterocycles. The number of hydrogen-bond donors (Lipinski definition) is 1. The lowest BCUT2D eigenvalue weighted by molar-refractivity contribution is 0.0785.